The second-order valence-corrected chi connectivity index (χ2v) is 13.8. The van der Waals surface area contributed by atoms with E-state index in [0.29, 0.717) is 80.2 Å². The van der Waals surface area contributed by atoms with E-state index in [9.17, 15) is 17.2 Å². The van der Waals surface area contributed by atoms with Crippen molar-refractivity contribution in [3.05, 3.63) is 42.0 Å². The number of nitrogens with zero attached hydrogens (tertiary/aromatic N) is 7. The van der Waals surface area contributed by atoms with Crippen molar-refractivity contribution in [2.75, 3.05) is 64.4 Å². The average molecular weight is 633 g/mol. The number of aryl methyl sites for hydroxylation is 1. The van der Waals surface area contributed by atoms with Gasteiger partial charge in [0.25, 0.3) is 16.6 Å². The van der Waals surface area contributed by atoms with Crippen molar-refractivity contribution in [2.45, 2.75) is 57.4 Å². The van der Waals surface area contributed by atoms with Gasteiger partial charge in [0.2, 0.25) is 0 Å². The molecule has 240 valence electrons. The van der Waals surface area contributed by atoms with E-state index in [-0.39, 0.29) is 11.9 Å². The van der Waals surface area contributed by atoms with Crippen LogP contribution in [0.4, 0.5) is 14.6 Å². The van der Waals surface area contributed by atoms with Crippen molar-refractivity contribution in [1.29, 1.82) is 0 Å². The molecule has 3 aromatic rings. The number of likely N-dealkylation sites (N-methyl/N-ethyl adjacent to an activating group) is 1. The normalized spacial score (nSPS) is 22.7. The Balaban J connectivity index is 1.11. The molecule has 1 aliphatic carbocycles. The van der Waals surface area contributed by atoms with Crippen LogP contribution in [0.1, 0.15) is 56.6 Å². The van der Waals surface area contributed by atoms with Gasteiger partial charge in [-0.25, -0.2) is 23.7 Å². The molecule has 0 amide bonds. The molecule has 4 heterocycles. The summed E-state index contributed by atoms with van der Waals surface area (Å²) in [6.45, 7) is 5.06. The van der Waals surface area contributed by atoms with Gasteiger partial charge in [-0.2, -0.15) is 17.4 Å². The summed E-state index contributed by atoms with van der Waals surface area (Å²) in [6.07, 6.45) is 3.30. The Kier molecular flexibility index (Phi) is 9.71. The maximum absolute atomic E-state index is 14.1. The van der Waals surface area contributed by atoms with Crippen LogP contribution in [0.3, 0.4) is 0 Å². The highest BCUT2D eigenvalue weighted by molar-refractivity contribution is 7.87. The van der Waals surface area contributed by atoms with Crippen LogP contribution >= 0.6 is 0 Å². The molecule has 14 heteroatoms. The van der Waals surface area contributed by atoms with Gasteiger partial charge in [0.15, 0.2) is 5.82 Å². The van der Waals surface area contributed by atoms with Crippen LogP contribution in [-0.2, 0) is 21.4 Å². The number of piperazine rings is 1. The molecule has 0 spiro atoms. The van der Waals surface area contributed by atoms with Crippen molar-refractivity contribution >= 4 is 27.1 Å². The Morgan fingerprint density at radius 3 is 2.39 bits per heavy atom. The van der Waals surface area contributed by atoms with Gasteiger partial charge in [0, 0.05) is 57.8 Å². The molecule has 44 heavy (non-hydrogen) atoms. The largest absolute Gasteiger partial charge is 0.378 e. The fourth-order valence-corrected chi connectivity index (χ4v) is 7.96. The lowest BCUT2D eigenvalue weighted by Crippen LogP contribution is -2.53. The summed E-state index contributed by atoms with van der Waals surface area (Å²) in [5.74, 6) is 1.90. The highest BCUT2D eigenvalue weighted by atomic mass is 32.2. The number of nitrogens with one attached hydrogen (secondary N) is 1. The molecule has 0 radical (unpaired) electrons. The minimum absolute atomic E-state index is 0.0268. The van der Waals surface area contributed by atoms with Gasteiger partial charge in [-0.1, -0.05) is 18.6 Å². The predicted molar refractivity (Wildman–Crippen MR) is 164 cm³/mol. The monoisotopic (exact) mass is 632 g/mol. The number of alkyl halides is 2. The first-order chi connectivity index (χ1) is 21.3. The van der Waals surface area contributed by atoms with Crippen LogP contribution in [0, 0.1) is 5.92 Å². The molecule has 0 unspecified atom stereocenters. The average Bonchev–Trinajstić information content (AvgIpc) is 3.43. The molecule has 3 fully saturated rings. The van der Waals surface area contributed by atoms with E-state index in [1.807, 2.05) is 13.1 Å². The molecule has 2 saturated heterocycles. The van der Waals surface area contributed by atoms with Gasteiger partial charge in [-0.05, 0) is 57.2 Å². The topological polar surface area (TPSA) is 109 Å². The molecule has 3 aliphatic rings. The van der Waals surface area contributed by atoms with Crippen LogP contribution in [0.5, 0.6) is 0 Å². The van der Waals surface area contributed by atoms with Gasteiger partial charge in [0.1, 0.15) is 17.5 Å². The number of halogens is 2. The molecule has 1 aromatic carbocycles. The second-order valence-electron chi connectivity index (χ2n) is 12.1. The van der Waals surface area contributed by atoms with E-state index in [1.165, 1.54) is 4.57 Å². The number of hydrogen-bond acceptors (Lipinski definition) is 8. The van der Waals surface area contributed by atoms with Gasteiger partial charge < -0.3 is 14.5 Å². The lowest BCUT2D eigenvalue weighted by atomic mass is 9.83. The molecule has 1 saturated carbocycles. The Hall–Kier alpha value is -2.78. The first kappa shape index (κ1) is 31.2. The van der Waals surface area contributed by atoms with Gasteiger partial charge >= 0.3 is 0 Å². The summed E-state index contributed by atoms with van der Waals surface area (Å²) < 4.78 is 65.6. The molecule has 1 N–H and O–H groups in total. The summed E-state index contributed by atoms with van der Waals surface area (Å²) in [5.41, 5.74) is 1.08. The van der Waals surface area contributed by atoms with Gasteiger partial charge in [-0.3, -0.25) is 4.57 Å². The standard InChI is InChI=1S/C30H42F2N8O3S/c1-37-13-15-39(16-14-37)44(41,42)36-23-11-9-22(10-12-23)5-4-8-26-34-27(38-17-19-43-20-18-38)21-28(35-26)40-25-7-3-2-6-24(25)33-30(40)29(31)32/h2-3,6-7,21-23,29,36H,4-5,8-20H2,1H3. The number of para-hydroxylation sites is 2. The van der Waals surface area contributed by atoms with Crippen molar-refractivity contribution in [2.24, 2.45) is 5.92 Å². The Labute approximate surface area is 257 Å². The lowest BCUT2D eigenvalue weighted by Gasteiger charge is -2.34. The third kappa shape index (κ3) is 7.20. The minimum atomic E-state index is -3.46. The molecule has 2 aromatic heterocycles. The van der Waals surface area contributed by atoms with Crippen LogP contribution < -0.4 is 9.62 Å². The number of ether oxygens (including phenoxy) is 1. The Morgan fingerprint density at radius 2 is 1.66 bits per heavy atom. The van der Waals surface area contributed by atoms with Crippen molar-refractivity contribution in [3.8, 4) is 5.82 Å². The lowest BCUT2D eigenvalue weighted by molar-refractivity contribution is 0.122. The van der Waals surface area contributed by atoms with Crippen LogP contribution in [0.25, 0.3) is 16.9 Å². The van der Waals surface area contributed by atoms with Crippen LogP contribution in [0.2, 0.25) is 0 Å². The summed E-state index contributed by atoms with van der Waals surface area (Å²) in [5, 5.41) is 0. The first-order valence-corrected chi connectivity index (χ1v) is 17.1. The molecular weight excluding hydrogens is 590 g/mol. The molecule has 0 bridgehead atoms. The third-order valence-corrected chi connectivity index (χ3v) is 10.7. The van der Waals surface area contributed by atoms with Gasteiger partial charge in [-0.15, -0.1) is 0 Å². The van der Waals surface area contributed by atoms with E-state index in [4.69, 9.17) is 14.7 Å². The van der Waals surface area contributed by atoms with E-state index in [2.05, 4.69) is 19.5 Å². The van der Waals surface area contributed by atoms with Crippen LogP contribution in [-0.4, -0.2) is 103 Å². The predicted octanol–water partition coefficient (Wildman–Crippen LogP) is 3.55. The highest BCUT2D eigenvalue weighted by Crippen LogP contribution is 2.31. The smallest absolute Gasteiger partial charge is 0.296 e. The van der Waals surface area contributed by atoms with Crippen molar-refractivity contribution < 1.29 is 21.9 Å². The van der Waals surface area contributed by atoms with E-state index >= 15 is 0 Å². The molecule has 2 aliphatic heterocycles. The maximum Gasteiger partial charge on any atom is 0.296 e. The van der Waals surface area contributed by atoms with E-state index < -0.39 is 16.6 Å². The molecule has 11 nitrogen and oxygen atoms in total. The fraction of sp³-hybridized carbons (Fsp3) is 0.633. The minimum Gasteiger partial charge on any atom is -0.378 e. The van der Waals surface area contributed by atoms with Crippen molar-refractivity contribution in [3.63, 3.8) is 0 Å². The quantitative estimate of drug-likeness (QED) is 0.362. The fourth-order valence-electron chi connectivity index (χ4n) is 6.51. The summed E-state index contributed by atoms with van der Waals surface area (Å²) in [6, 6.07) is 8.86. The number of morpholine rings is 1. The SMILES string of the molecule is CN1CCN(S(=O)(=O)NC2CCC(CCCc3nc(N4CCOCC4)cc(-n4c(C(F)F)nc5ccccc54)n3)CC2)CC1. The highest BCUT2D eigenvalue weighted by Gasteiger charge is 2.30. The number of rotatable bonds is 10. The zero-order valence-electron chi connectivity index (χ0n) is 25.2. The molecule has 0 atom stereocenters. The molecular formula is C30H42F2N8O3S. The van der Waals surface area contributed by atoms with E-state index in [0.717, 1.165) is 51.6 Å². The summed E-state index contributed by atoms with van der Waals surface area (Å²) in [7, 11) is -1.45. The number of fused-ring (bicyclic) bond motifs is 1. The van der Waals surface area contributed by atoms with Gasteiger partial charge in [0.05, 0.1) is 24.2 Å². The number of anilines is 1. The summed E-state index contributed by atoms with van der Waals surface area (Å²) >= 11 is 0. The van der Waals surface area contributed by atoms with Crippen LogP contribution in [0.15, 0.2) is 30.3 Å². The number of imidazole rings is 1. The number of benzene rings is 1. The van der Waals surface area contributed by atoms with E-state index in [1.54, 1.807) is 28.6 Å². The molecule has 6 rings (SSSR count). The van der Waals surface area contributed by atoms with Crippen molar-refractivity contribution in [1.82, 2.24) is 33.4 Å². The summed E-state index contributed by atoms with van der Waals surface area (Å²) in [4.78, 5) is 18.1. The third-order valence-electron chi connectivity index (χ3n) is 9.07. The number of hydrogen-bond donors (Lipinski definition) is 1. The number of aromatic nitrogens is 4. The first-order valence-electron chi connectivity index (χ1n) is 15.7. The zero-order chi connectivity index (χ0) is 30.7. The zero-order valence-corrected chi connectivity index (χ0v) is 26.1. The second kappa shape index (κ2) is 13.7. The Morgan fingerprint density at radius 1 is 0.955 bits per heavy atom. The Bertz CT molecular complexity index is 1520. The maximum atomic E-state index is 14.1.